The Morgan fingerprint density at radius 3 is 2.78 bits per heavy atom. The van der Waals surface area contributed by atoms with E-state index in [1.54, 1.807) is 31.3 Å². The Bertz CT molecular complexity index is 1050. The number of ether oxygens (including phenoxy) is 1. The maximum atomic E-state index is 14.3. The molecule has 0 atom stereocenters. The number of hydrogen-bond donors (Lipinski definition) is 1. The second kappa shape index (κ2) is 7.77. The fourth-order valence-corrected chi connectivity index (χ4v) is 2.46. The molecule has 0 unspecified atom stereocenters. The van der Waals surface area contributed by atoms with Gasteiger partial charge in [0.05, 0.1) is 12.8 Å². The third-order valence-corrected chi connectivity index (χ3v) is 3.88. The number of carbonyl (C=O) groups is 1. The van der Waals surface area contributed by atoms with Crippen molar-refractivity contribution in [3.63, 3.8) is 0 Å². The van der Waals surface area contributed by atoms with Gasteiger partial charge in [0.1, 0.15) is 23.9 Å². The van der Waals surface area contributed by atoms with Crippen molar-refractivity contribution in [2.75, 3.05) is 12.4 Å². The van der Waals surface area contributed by atoms with E-state index in [-0.39, 0.29) is 17.8 Å². The summed E-state index contributed by atoms with van der Waals surface area (Å²) in [6.07, 6.45) is 1.56. The van der Waals surface area contributed by atoms with Crippen molar-refractivity contribution in [3.05, 3.63) is 70.4 Å². The number of aryl methyl sites for hydroxylation is 1. The summed E-state index contributed by atoms with van der Waals surface area (Å²) in [6.45, 7) is 1.49. The van der Waals surface area contributed by atoms with Crippen LogP contribution >= 0.6 is 0 Å². The van der Waals surface area contributed by atoms with Crippen LogP contribution in [0.25, 0.3) is 11.3 Å². The number of pyridine rings is 1. The molecule has 0 aliphatic carbocycles. The molecule has 2 aromatic heterocycles. The summed E-state index contributed by atoms with van der Waals surface area (Å²) >= 11 is 0. The number of benzene rings is 1. The average Bonchev–Trinajstić information content (AvgIpc) is 2.65. The Morgan fingerprint density at radius 1 is 1.26 bits per heavy atom. The molecule has 0 aliphatic rings. The van der Waals surface area contributed by atoms with Crippen molar-refractivity contribution in [1.29, 1.82) is 0 Å². The zero-order chi connectivity index (χ0) is 19.4. The van der Waals surface area contributed by atoms with E-state index in [0.29, 0.717) is 11.6 Å². The normalized spacial score (nSPS) is 10.5. The third kappa shape index (κ3) is 4.17. The van der Waals surface area contributed by atoms with Crippen LogP contribution in [0, 0.1) is 12.7 Å². The van der Waals surface area contributed by atoms with Crippen LogP contribution in [-0.2, 0) is 11.3 Å². The molecule has 3 aromatic rings. The summed E-state index contributed by atoms with van der Waals surface area (Å²) in [5.41, 5.74) is 0.753. The molecule has 2 heterocycles. The lowest BCUT2D eigenvalue weighted by Gasteiger charge is -2.10. The van der Waals surface area contributed by atoms with Crippen LogP contribution in [0.1, 0.15) is 5.56 Å². The molecule has 0 bridgehead atoms. The number of methoxy groups -OCH3 is 1. The standard InChI is InChI=1S/C19H17FN4O3/c1-12-4-3-9-21-19(12)22-17(25)11-24-18(26)8-7-16(23-24)14-6-5-13(27-2)10-15(14)20/h3-10H,11H2,1-2H3,(H,21,22,25). The van der Waals surface area contributed by atoms with Gasteiger partial charge < -0.3 is 10.1 Å². The van der Waals surface area contributed by atoms with Gasteiger partial charge in [-0.2, -0.15) is 5.10 Å². The molecule has 1 N–H and O–H groups in total. The molecule has 0 fully saturated rings. The monoisotopic (exact) mass is 368 g/mol. The van der Waals surface area contributed by atoms with Gasteiger partial charge in [-0.1, -0.05) is 6.07 Å². The number of anilines is 1. The van der Waals surface area contributed by atoms with E-state index in [1.807, 2.05) is 0 Å². The molecule has 0 saturated carbocycles. The second-order valence-corrected chi connectivity index (χ2v) is 5.78. The van der Waals surface area contributed by atoms with Crippen LogP contribution in [-0.4, -0.2) is 27.8 Å². The Kier molecular flexibility index (Phi) is 5.25. The van der Waals surface area contributed by atoms with Gasteiger partial charge >= 0.3 is 0 Å². The first kappa shape index (κ1) is 18.2. The van der Waals surface area contributed by atoms with E-state index >= 15 is 0 Å². The van der Waals surface area contributed by atoms with E-state index in [1.165, 1.54) is 31.4 Å². The molecule has 3 rings (SSSR count). The highest BCUT2D eigenvalue weighted by Crippen LogP contribution is 2.24. The van der Waals surface area contributed by atoms with Gasteiger partial charge in [0.25, 0.3) is 5.56 Å². The molecule has 0 radical (unpaired) electrons. The molecular weight excluding hydrogens is 351 g/mol. The number of hydrogen-bond acceptors (Lipinski definition) is 5. The van der Waals surface area contributed by atoms with Crippen LogP contribution in [0.2, 0.25) is 0 Å². The van der Waals surface area contributed by atoms with Crippen LogP contribution in [0.15, 0.2) is 53.5 Å². The number of nitrogens with one attached hydrogen (secondary N) is 1. The third-order valence-electron chi connectivity index (χ3n) is 3.88. The zero-order valence-corrected chi connectivity index (χ0v) is 14.8. The van der Waals surface area contributed by atoms with Crippen LogP contribution in [0.5, 0.6) is 5.75 Å². The highest BCUT2D eigenvalue weighted by Gasteiger charge is 2.12. The van der Waals surface area contributed by atoms with E-state index in [2.05, 4.69) is 15.4 Å². The molecule has 138 valence electrons. The molecule has 8 heteroatoms. The molecule has 0 saturated heterocycles. The first-order chi connectivity index (χ1) is 13.0. The maximum absolute atomic E-state index is 14.3. The Hall–Kier alpha value is -3.55. The smallest absolute Gasteiger partial charge is 0.267 e. The quantitative estimate of drug-likeness (QED) is 0.747. The SMILES string of the molecule is COc1ccc(-c2ccc(=O)n(CC(=O)Nc3ncccc3C)n2)c(F)c1. The summed E-state index contributed by atoms with van der Waals surface area (Å²) in [4.78, 5) is 28.4. The highest BCUT2D eigenvalue weighted by molar-refractivity contribution is 5.90. The summed E-state index contributed by atoms with van der Waals surface area (Å²) in [6, 6.07) is 10.5. The number of nitrogens with zero attached hydrogens (tertiary/aromatic N) is 3. The number of amides is 1. The summed E-state index contributed by atoms with van der Waals surface area (Å²) in [5.74, 6) is -0.220. The molecular formula is C19H17FN4O3. The van der Waals surface area contributed by atoms with E-state index in [9.17, 15) is 14.0 Å². The first-order valence-electron chi connectivity index (χ1n) is 8.11. The van der Waals surface area contributed by atoms with Gasteiger partial charge in [0.15, 0.2) is 0 Å². The highest BCUT2D eigenvalue weighted by atomic mass is 19.1. The van der Waals surface area contributed by atoms with Crippen molar-refractivity contribution >= 4 is 11.7 Å². The Balaban J connectivity index is 1.85. The van der Waals surface area contributed by atoms with Crippen molar-refractivity contribution in [2.45, 2.75) is 13.5 Å². The van der Waals surface area contributed by atoms with Crippen LogP contribution in [0.3, 0.4) is 0 Å². The average molecular weight is 368 g/mol. The van der Waals surface area contributed by atoms with E-state index in [4.69, 9.17) is 4.74 Å². The lowest BCUT2D eigenvalue weighted by Crippen LogP contribution is -2.29. The number of halogens is 1. The van der Waals surface area contributed by atoms with Crippen molar-refractivity contribution in [2.24, 2.45) is 0 Å². The second-order valence-electron chi connectivity index (χ2n) is 5.78. The van der Waals surface area contributed by atoms with Crippen molar-refractivity contribution < 1.29 is 13.9 Å². The minimum atomic E-state index is -0.541. The summed E-state index contributed by atoms with van der Waals surface area (Å²) in [7, 11) is 1.44. The number of carbonyl (C=O) groups excluding carboxylic acids is 1. The van der Waals surface area contributed by atoms with E-state index in [0.717, 1.165) is 10.2 Å². The van der Waals surface area contributed by atoms with Crippen LogP contribution in [0.4, 0.5) is 10.2 Å². The van der Waals surface area contributed by atoms with Crippen molar-refractivity contribution in [3.8, 4) is 17.0 Å². The molecule has 7 nitrogen and oxygen atoms in total. The molecule has 1 aromatic carbocycles. The van der Waals surface area contributed by atoms with Gasteiger partial charge in [0, 0.05) is 23.9 Å². The van der Waals surface area contributed by atoms with Gasteiger partial charge in [-0.3, -0.25) is 9.59 Å². The molecule has 0 spiro atoms. The Morgan fingerprint density at radius 2 is 2.07 bits per heavy atom. The molecule has 27 heavy (non-hydrogen) atoms. The molecule has 0 aliphatic heterocycles. The predicted molar refractivity (Wildman–Crippen MR) is 98.0 cm³/mol. The van der Waals surface area contributed by atoms with Gasteiger partial charge in [-0.05, 0) is 36.8 Å². The fourth-order valence-electron chi connectivity index (χ4n) is 2.46. The summed E-state index contributed by atoms with van der Waals surface area (Å²) in [5, 5.41) is 6.74. The van der Waals surface area contributed by atoms with Gasteiger partial charge in [-0.15, -0.1) is 0 Å². The number of aromatic nitrogens is 3. The minimum absolute atomic E-state index is 0.200. The fraction of sp³-hybridized carbons (Fsp3) is 0.158. The molecule has 1 amide bonds. The lowest BCUT2D eigenvalue weighted by atomic mass is 10.1. The topological polar surface area (TPSA) is 86.1 Å². The number of rotatable bonds is 5. The summed E-state index contributed by atoms with van der Waals surface area (Å²) < 4.78 is 20.2. The van der Waals surface area contributed by atoms with Crippen LogP contribution < -0.4 is 15.6 Å². The van der Waals surface area contributed by atoms with Gasteiger partial charge in [-0.25, -0.2) is 14.1 Å². The maximum Gasteiger partial charge on any atom is 0.267 e. The van der Waals surface area contributed by atoms with Crippen molar-refractivity contribution in [1.82, 2.24) is 14.8 Å². The largest absolute Gasteiger partial charge is 0.497 e. The van der Waals surface area contributed by atoms with Gasteiger partial charge in [0.2, 0.25) is 5.91 Å². The minimum Gasteiger partial charge on any atom is -0.497 e. The lowest BCUT2D eigenvalue weighted by molar-refractivity contribution is -0.117. The zero-order valence-electron chi connectivity index (χ0n) is 14.8. The Labute approximate surface area is 154 Å². The first-order valence-corrected chi connectivity index (χ1v) is 8.11. The predicted octanol–water partition coefficient (Wildman–Crippen LogP) is 2.40. The van der Waals surface area contributed by atoms with E-state index < -0.39 is 17.3 Å².